The fourth-order valence-corrected chi connectivity index (χ4v) is 2.39. The van der Waals surface area contributed by atoms with Crippen molar-refractivity contribution in [2.45, 2.75) is 31.8 Å². The summed E-state index contributed by atoms with van der Waals surface area (Å²) in [5.74, 6) is 0.785. The van der Waals surface area contributed by atoms with Crippen molar-refractivity contribution in [1.82, 2.24) is 9.97 Å². The number of rotatable bonds is 3. The van der Waals surface area contributed by atoms with Gasteiger partial charge in [0.15, 0.2) is 16.1 Å². The SMILES string of the molecule is OC1CCC(COc2c(Cl)ncnc2Cl)CC1. The molecule has 2 rings (SSSR count). The zero-order chi connectivity index (χ0) is 12.3. The molecular formula is C11H14Cl2N2O2. The van der Waals surface area contributed by atoms with E-state index in [1.165, 1.54) is 6.33 Å². The van der Waals surface area contributed by atoms with E-state index in [1.54, 1.807) is 0 Å². The zero-order valence-corrected chi connectivity index (χ0v) is 10.8. The predicted octanol–water partition coefficient (Wildman–Crippen LogP) is 2.71. The molecule has 0 bridgehead atoms. The number of aliphatic hydroxyl groups excluding tert-OH is 1. The summed E-state index contributed by atoms with van der Waals surface area (Å²) in [7, 11) is 0. The van der Waals surface area contributed by atoms with E-state index < -0.39 is 0 Å². The van der Waals surface area contributed by atoms with Gasteiger partial charge in [-0.05, 0) is 31.6 Å². The van der Waals surface area contributed by atoms with Gasteiger partial charge in [0.25, 0.3) is 0 Å². The van der Waals surface area contributed by atoms with Crippen molar-refractivity contribution in [2.75, 3.05) is 6.61 Å². The van der Waals surface area contributed by atoms with Gasteiger partial charge in [-0.3, -0.25) is 0 Å². The molecule has 6 heteroatoms. The van der Waals surface area contributed by atoms with Crippen LogP contribution < -0.4 is 4.74 Å². The van der Waals surface area contributed by atoms with Gasteiger partial charge in [-0.1, -0.05) is 23.2 Å². The standard InChI is InChI=1S/C11H14Cl2N2O2/c12-10-9(11(13)15-6-14-10)17-5-7-1-3-8(16)4-2-7/h6-8,16H,1-5H2. The van der Waals surface area contributed by atoms with Gasteiger partial charge in [0.1, 0.15) is 6.33 Å². The van der Waals surface area contributed by atoms with Crippen molar-refractivity contribution in [1.29, 1.82) is 0 Å². The zero-order valence-electron chi connectivity index (χ0n) is 9.27. The van der Waals surface area contributed by atoms with Crippen LogP contribution in [-0.2, 0) is 0 Å². The lowest BCUT2D eigenvalue weighted by Gasteiger charge is -2.25. The fourth-order valence-electron chi connectivity index (χ4n) is 1.96. The summed E-state index contributed by atoms with van der Waals surface area (Å²) in [4.78, 5) is 7.64. The van der Waals surface area contributed by atoms with Crippen LogP contribution in [-0.4, -0.2) is 27.8 Å². The molecule has 0 aromatic carbocycles. The first kappa shape index (κ1) is 12.9. The Kier molecular flexibility index (Phi) is 4.42. The van der Waals surface area contributed by atoms with Crippen molar-refractivity contribution in [2.24, 2.45) is 5.92 Å². The molecule has 1 N–H and O–H groups in total. The van der Waals surface area contributed by atoms with Gasteiger partial charge in [0.05, 0.1) is 12.7 Å². The highest BCUT2D eigenvalue weighted by atomic mass is 35.5. The lowest BCUT2D eigenvalue weighted by molar-refractivity contribution is 0.0916. The molecule has 0 aliphatic heterocycles. The summed E-state index contributed by atoms with van der Waals surface area (Å²) >= 11 is 11.7. The number of halogens is 2. The maximum Gasteiger partial charge on any atom is 0.194 e. The Balaban J connectivity index is 1.89. The molecule has 1 aromatic heterocycles. The van der Waals surface area contributed by atoms with Crippen molar-refractivity contribution in [3.05, 3.63) is 16.6 Å². The molecule has 4 nitrogen and oxygen atoms in total. The quantitative estimate of drug-likeness (QED) is 0.863. The molecule has 0 atom stereocenters. The first-order valence-corrected chi connectivity index (χ1v) is 6.39. The molecule has 1 fully saturated rings. The lowest BCUT2D eigenvalue weighted by atomic mass is 9.88. The first-order valence-electron chi connectivity index (χ1n) is 5.63. The summed E-state index contributed by atoms with van der Waals surface area (Å²) < 4.78 is 5.57. The number of aromatic nitrogens is 2. The van der Waals surface area contributed by atoms with Crippen LogP contribution in [0.25, 0.3) is 0 Å². The third-order valence-corrected chi connectivity index (χ3v) is 3.54. The Morgan fingerprint density at radius 3 is 2.35 bits per heavy atom. The molecule has 17 heavy (non-hydrogen) atoms. The Morgan fingerprint density at radius 1 is 1.18 bits per heavy atom. The van der Waals surface area contributed by atoms with E-state index >= 15 is 0 Å². The fraction of sp³-hybridized carbons (Fsp3) is 0.636. The maximum atomic E-state index is 9.40. The number of hydrogen-bond acceptors (Lipinski definition) is 4. The highest BCUT2D eigenvalue weighted by Crippen LogP contribution is 2.31. The summed E-state index contributed by atoms with van der Waals surface area (Å²) in [6, 6.07) is 0. The third-order valence-electron chi connectivity index (χ3n) is 3.00. The number of aliphatic hydroxyl groups is 1. The Bertz CT molecular complexity index is 361. The largest absolute Gasteiger partial charge is 0.487 e. The van der Waals surface area contributed by atoms with E-state index in [9.17, 15) is 5.11 Å². The van der Waals surface area contributed by atoms with E-state index in [2.05, 4.69) is 9.97 Å². The minimum atomic E-state index is -0.154. The topological polar surface area (TPSA) is 55.2 Å². The van der Waals surface area contributed by atoms with Gasteiger partial charge in [-0.25, -0.2) is 9.97 Å². The molecule has 1 saturated carbocycles. The average Bonchev–Trinajstić information content (AvgIpc) is 2.31. The summed E-state index contributed by atoms with van der Waals surface area (Å²) in [5, 5.41) is 9.87. The molecule has 1 aliphatic rings. The van der Waals surface area contributed by atoms with Crippen LogP contribution in [0.5, 0.6) is 5.75 Å². The second kappa shape index (κ2) is 5.85. The molecular weight excluding hydrogens is 263 g/mol. The lowest BCUT2D eigenvalue weighted by Crippen LogP contribution is -2.22. The molecule has 0 radical (unpaired) electrons. The molecule has 94 valence electrons. The van der Waals surface area contributed by atoms with Crippen molar-refractivity contribution in [3.8, 4) is 5.75 Å². The molecule has 0 spiro atoms. The molecule has 0 saturated heterocycles. The van der Waals surface area contributed by atoms with E-state index in [0.717, 1.165) is 25.7 Å². The predicted molar refractivity (Wildman–Crippen MR) is 65.5 cm³/mol. The molecule has 1 aliphatic carbocycles. The van der Waals surface area contributed by atoms with Crippen LogP contribution in [0.2, 0.25) is 10.3 Å². The van der Waals surface area contributed by atoms with Gasteiger partial charge < -0.3 is 9.84 Å². The Hall–Kier alpha value is -0.580. The third kappa shape index (κ3) is 3.44. The van der Waals surface area contributed by atoms with Crippen LogP contribution in [0.15, 0.2) is 6.33 Å². The molecule has 1 heterocycles. The number of nitrogens with zero attached hydrogens (tertiary/aromatic N) is 2. The smallest absolute Gasteiger partial charge is 0.194 e. The molecule has 0 amide bonds. The van der Waals surface area contributed by atoms with Crippen LogP contribution in [0.1, 0.15) is 25.7 Å². The van der Waals surface area contributed by atoms with Gasteiger partial charge in [-0.15, -0.1) is 0 Å². The van der Waals surface area contributed by atoms with E-state index in [-0.39, 0.29) is 16.4 Å². The highest BCUT2D eigenvalue weighted by molar-refractivity contribution is 6.35. The van der Waals surface area contributed by atoms with Gasteiger partial charge in [0.2, 0.25) is 0 Å². The second-order valence-corrected chi connectivity index (χ2v) is 4.99. The van der Waals surface area contributed by atoms with E-state index in [1.807, 2.05) is 0 Å². The van der Waals surface area contributed by atoms with Crippen molar-refractivity contribution < 1.29 is 9.84 Å². The second-order valence-electron chi connectivity index (χ2n) is 4.27. The monoisotopic (exact) mass is 276 g/mol. The number of ether oxygens (including phenoxy) is 1. The van der Waals surface area contributed by atoms with E-state index in [0.29, 0.717) is 18.3 Å². The van der Waals surface area contributed by atoms with Gasteiger partial charge in [-0.2, -0.15) is 0 Å². The van der Waals surface area contributed by atoms with Gasteiger partial charge >= 0.3 is 0 Å². The first-order chi connectivity index (χ1) is 8.16. The van der Waals surface area contributed by atoms with Crippen molar-refractivity contribution in [3.63, 3.8) is 0 Å². The Labute approximate surface area is 110 Å². The molecule has 1 aromatic rings. The summed E-state index contributed by atoms with van der Waals surface area (Å²) in [5.41, 5.74) is 0. The van der Waals surface area contributed by atoms with E-state index in [4.69, 9.17) is 27.9 Å². The average molecular weight is 277 g/mol. The van der Waals surface area contributed by atoms with Crippen LogP contribution in [0.3, 0.4) is 0 Å². The van der Waals surface area contributed by atoms with Gasteiger partial charge in [0, 0.05) is 0 Å². The van der Waals surface area contributed by atoms with Crippen LogP contribution >= 0.6 is 23.2 Å². The van der Waals surface area contributed by atoms with Crippen LogP contribution in [0.4, 0.5) is 0 Å². The maximum absolute atomic E-state index is 9.40. The minimum absolute atomic E-state index is 0.154. The van der Waals surface area contributed by atoms with Crippen LogP contribution in [0, 0.1) is 5.92 Å². The number of hydrogen-bond donors (Lipinski definition) is 1. The molecule has 0 unspecified atom stereocenters. The summed E-state index contributed by atoms with van der Waals surface area (Å²) in [6.07, 6.45) is 4.74. The highest BCUT2D eigenvalue weighted by Gasteiger charge is 2.21. The van der Waals surface area contributed by atoms with Crippen molar-refractivity contribution >= 4 is 23.2 Å². The Morgan fingerprint density at radius 2 is 1.76 bits per heavy atom. The normalized spacial score (nSPS) is 24.6. The summed E-state index contributed by atoms with van der Waals surface area (Å²) in [6.45, 7) is 0.541. The minimum Gasteiger partial charge on any atom is -0.487 e.